The molecule has 40 heavy (non-hydrogen) atoms. The number of para-hydroxylation sites is 2. The first-order chi connectivity index (χ1) is 19.8. The van der Waals surface area contributed by atoms with Gasteiger partial charge in [-0.15, -0.1) is 0 Å². The van der Waals surface area contributed by atoms with Gasteiger partial charge in [-0.2, -0.15) is 0 Å². The first-order valence-corrected chi connectivity index (χ1v) is 13.4. The van der Waals surface area contributed by atoms with Gasteiger partial charge in [-0.05, 0) is 48.5 Å². The van der Waals surface area contributed by atoms with Crippen LogP contribution < -0.4 is 0 Å². The normalized spacial score (nSPS) is 12.0. The summed E-state index contributed by atoms with van der Waals surface area (Å²) in [5.41, 5.74) is 9.01. The van der Waals surface area contributed by atoms with Crippen LogP contribution >= 0.6 is 0 Å². The Hall–Kier alpha value is -5.48. The molecule has 186 valence electrons. The van der Waals surface area contributed by atoms with Crippen LogP contribution in [0.1, 0.15) is 0 Å². The summed E-state index contributed by atoms with van der Waals surface area (Å²) in [5, 5.41) is 6.77. The molecule has 9 aromatic rings. The molecule has 0 N–H and O–H groups in total. The quantitative estimate of drug-likeness (QED) is 0.217. The predicted octanol–water partition coefficient (Wildman–Crippen LogP) is 9.45. The number of hydrogen-bond donors (Lipinski definition) is 0. The molecular formula is C36H21N3O. The van der Waals surface area contributed by atoms with Crippen LogP contribution in [0.5, 0.6) is 0 Å². The SMILES string of the molecule is c1cc(-c2ccc3ccc4cccnc4c3n2)cc(-n2c3ccccc3c3c4oc5ccccc5c4ccc32)c1. The summed E-state index contributed by atoms with van der Waals surface area (Å²) in [6, 6.07) is 42.4. The van der Waals surface area contributed by atoms with Crippen LogP contribution in [-0.4, -0.2) is 14.5 Å². The molecule has 0 spiro atoms. The third kappa shape index (κ3) is 2.96. The molecule has 9 rings (SSSR count). The highest BCUT2D eigenvalue weighted by atomic mass is 16.3. The van der Waals surface area contributed by atoms with Gasteiger partial charge < -0.3 is 8.98 Å². The van der Waals surface area contributed by atoms with Gasteiger partial charge in [0, 0.05) is 44.4 Å². The van der Waals surface area contributed by atoms with Crippen molar-refractivity contribution in [2.24, 2.45) is 0 Å². The molecule has 0 bridgehead atoms. The van der Waals surface area contributed by atoms with Crippen molar-refractivity contribution in [1.82, 2.24) is 14.5 Å². The maximum Gasteiger partial charge on any atom is 0.145 e. The lowest BCUT2D eigenvalue weighted by Gasteiger charge is -2.11. The number of aromatic nitrogens is 3. The molecule has 4 heterocycles. The number of benzene rings is 5. The average molecular weight is 512 g/mol. The Labute approximate surface area is 228 Å². The highest BCUT2D eigenvalue weighted by molar-refractivity contribution is 6.23. The zero-order valence-corrected chi connectivity index (χ0v) is 21.4. The van der Waals surface area contributed by atoms with Crippen LogP contribution in [0.4, 0.5) is 0 Å². The number of hydrogen-bond acceptors (Lipinski definition) is 3. The van der Waals surface area contributed by atoms with E-state index in [4.69, 9.17) is 9.40 Å². The van der Waals surface area contributed by atoms with E-state index in [0.29, 0.717) is 0 Å². The van der Waals surface area contributed by atoms with Crippen LogP contribution in [0, 0.1) is 0 Å². The molecule has 0 unspecified atom stereocenters. The molecule has 4 heteroatoms. The minimum absolute atomic E-state index is 0.910. The van der Waals surface area contributed by atoms with Crippen molar-refractivity contribution in [2.75, 3.05) is 0 Å². The monoisotopic (exact) mass is 511 g/mol. The van der Waals surface area contributed by atoms with Crippen molar-refractivity contribution in [2.45, 2.75) is 0 Å². The maximum absolute atomic E-state index is 6.46. The average Bonchev–Trinajstić information content (AvgIpc) is 3.56. The summed E-state index contributed by atoms with van der Waals surface area (Å²) >= 11 is 0. The summed E-state index contributed by atoms with van der Waals surface area (Å²) in [4.78, 5) is 9.73. The minimum atomic E-state index is 0.910. The van der Waals surface area contributed by atoms with Crippen LogP contribution in [0.25, 0.3) is 82.5 Å². The van der Waals surface area contributed by atoms with Crippen molar-refractivity contribution >= 4 is 65.6 Å². The zero-order chi connectivity index (χ0) is 26.2. The minimum Gasteiger partial charge on any atom is -0.455 e. The Kier molecular flexibility index (Phi) is 4.30. The van der Waals surface area contributed by atoms with Crippen LogP contribution in [0.15, 0.2) is 132 Å². The molecule has 5 aromatic carbocycles. The van der Waals surface area contributed by atoms with Gasteiger partial charge in [-0.25, -0.2) is 4.98 Å². The fraction of sp³-hybridized carbons (Fsp3) is 0. The van der Waals surface area contributed by atoms with Gasteiger partial charge in [0.1, 0.15) is 11.2 Å². The lowest BCUT2D eigenvalue weighted by atomic mass is 10.1. The second-order valence-electron chi connectivity index (χ2n) is 10.2. The second kappa shape index (κ2) is 8.01. The summed E-state index contributed by atoms with van der Waals surface area (Å²) in [5.74, 6) is 0. The van der Waals surface area contributed by atoms with Gasteiger partial charge in [-0.1, -0.05) is 72.8 Å². The summed E-state index contributed by atoms with van der Waals surface area (Å²) < 4.78 is 8.79. The van der Waals surface area contributed by atoms with Crippen molar-refractivity contribution in [3.8, 4) is 16.9 Å². The first-order valence-electron chi connectivity index (χ1n) is 13.4. The molecule has 0 radical (unpaired) electrons. The third-order valence-electron chi connectivity index (χ3n) is 8.01. The van der Waals surface area contributed by atoms with E-state index in [0.717, 1.165) is 77.1 Å². The maximum atomic E-state index is 6.46. The highest BCUT2D eigenvalue weighted by Crippen LogP contribution is 2.40. The van der Waals surface area contributed by atoms with Crippen LogP contribution in [0.3, 0.4) is 0 Å². The number of furan rings is 1. The van der Waals surface area contributed by atoms with Crippen LogP contribution in [0.2, 0.25) is 0 Å². The van der Waals surface area contributed by atoms with Gasteiger partial charge in [-0.3, -0.25) is 4.98 Å². The van der Waals surface area contributed by atoms with Crippen LogP contribution in [-0.2, 0) is 0 Å². The number of pyridine rings is 2. The van der Waals surface area contributed by atoms with E-state index in [1.54, 1.807) is 0 Å². The van der Waals surface area contributed by atoms with Gasteiger partial charge in [0.05, 0.1) is 33.1 Å². The number of rotatable bonds is 2. The summed E-state index contributed by atoms with van der Waals surface area (Å²) in [7, 11) is 0. The Morgan fingerprint density at radius 1 is 0.575 bits per heavy atom. The van der Waals surface area contributed by atoms with Gasteiger partial charge in [0.15, 0.2) is 0 Å². The molecular weight excluding hydrogens is 490 g/mol. The highest BCUT2D eigenvalue weighted by Gasteiger charge is 2.18. The molecule has 0 atom stereocenters. The largest absolute Gasteiger partial charge is 0.455 e. The molecule has 0 aliphatic carbocycles. The lowest BCUT2D eigenvalue weighted by molar-refractivity contribution is 0.673. The third-order valence-corrected chi connectivity index (χ3v) is 8.01. The molecule has 0 fully saturated rings. The van der Waals surface area contributed by atoms with E-state index < -0.39 is 0 Å². The van der Waals surface area contributed by atoms with Crippen molar-refractivity contribution in [3.63, 3.8) is 0 Å². The second-order valence-corrected chi connectivity index (χ2v) is 10.2. The van der Waals surface area contributed by atoms with Gasteiger partial charge in [0.25, 0.3) is 0 Å². The Morgan fingerprint density at radius 3 is 2.35 bits per heavy atom. The van der Waals surface area contributed by atoms with Crippen molar-refractivity contribution in [3.05, 3.63) is 128 Å². The molecule has 0 amide bonds. The first kappa shape index (κ1) is 21.5. The van der Waals surface area contributed by atoms with Crippen molar-refractivity contribution < 1.29 is 4.42 Å². The van der Waals surface area contributed by atoms with E-state index in [2.05, 4.69) is 113 Å². The Balaban J connectivity index is 1.30. The Bertz CT molecular complexity index is 2450. The van der Waals surface area contributed by atoms with E-state index in [1.165, 1.54) is 5.39 Å². The van der Waals surface area contributed by atoms with E-state index >= 15 is 0 Å². The number of nitrogens with zero attached hydrogens (tertiary/aromatic N) is 3. The van der Waals surface area contributed by atoms with Crippen molar-refractivity contribution in [1.29, 1.82) is 0 Å². The Morgan fingerprint density at radius 2 is 1.40 bits per heavy atom. The molecule has 0 saturated carbocycles. The fourth-order valence-electron chi connectivity index (χ4n) is 6.20. The van der Waals surface area contributed by atoms with Gasteiger partial charge in [0.2, 0.25) is 0 Å². The number of fused-ring (bicyclic) bond motifs is 10. The fourth-order valence-corrected chi connectivity index (χ4v) is 6.20. The topological polar surface area (TPSA) is 43.9 Å². The predicted molar refractivity (Wildman–Crippen MR) is 164 cm³/mol. The molecule has 0 saturated heterocycles. The molecule has 0 aliphatic rings. The van der Waals surface area contributed by atoms with E-state index in [-0.39, 0.29) is 0 Å². The van der Waals surface area contributed by atoms with Gasteiger partial charge >= 0.3 is 0 Å². The molecule has 4 aromatic heterocycles. The lowest BCUT2D eigenvalue weighted by Crippen LogP contribution is -1.95. The summed E-state index contributed by atoms with van der Waals surface area (Å²) in [6.07, 6.45) is 1.83. The molecule has 4 nitrogen and oxygen atoms in total. The summed E-state index contributed by atoms with van der Waals surface area (Å²) in [6.45, 7) is 0. The standard InChI is InChI=1S/C36H21N3O/c1-3-12-30-28(11-1)33-31(19-17-27-26-10-2-4-13-32(26)40-36(27)33)39(30)25-9-5-7-24(21-25)29-18-16-23-15-14-22-8-6-20-37-34(22)35(23)38-29/h1-21H. The molecule has 0 aliphatic heterocycles. The van der Waals surface area contributed by atoms with E-state index in [1.807, 2.05) is 24.4 Å². The van der Waals surface area contributed by atoms with E-state index in [9.17, 15) is 0 Å². The zero-order valence-electron chi connectivity index (χ0n) is 21.4. The smallest absolute Gasteiger partial charge is 0.145 e.